The second kappa shape index (κ2) is 10.7. The fraction of sp³-hybridized carbons (Fsp3) is 0.379. The summed E-state index contributed by atoms with van der Waals surface area (Å²) in [5, 5.41) is 22.7. The molecule has 0 aliphatic carbocycles. The van der Waals surface area contributed by atoms with E-state index >= 15 is 0 Å². The highest BCUT2D eigenvalue weighted by atomic mass is 16.5. The van der Waals surface area contributed by atoms with Crippen LogP contribution in [0.5, 0.6) is 5.88 Å². The third-order valence-corrected chi connectivity index (χ3v) is 6.86. The molecule has 0 spiro atoms. The van der Waals surface area contributed by atoms with Crippen LogP contribution < -0.4 is 10.1 Å². The first kappa shape index (κ1) is 26.3. The summed E-state index contributed by atoms with van der Waals surface area (Å²) in [5.74, 6) is 0.210. The van der Waals surface area contributed by atoms with Crippen LogP contribution in [0.25, 0.3) is 11.1 Å². The first-order chi connectivity index (χ1) is 17.7. The van der Waals surface area contributed by atoms with Gasteiger partial charge < -0.3 is 19.9 Å². The zero-order valence-corrected chi connectivity index (χ0v) is 21.7. The fourth-order valence-electron chi connectivity index (χ4n) is 4.45. The molecule has 1 saturated heterocycles. The monoisotopic (exact) mass is 500 g/mol. The number of pyridine rings is 2. The zero-order valence-electron chi connectivity index (χ0n) is 21.7. The lowest BCUT2D eigenvalue weighted by atomic mass is 9.80. The third-order valence-electron chi connectivity index (χ3n) is 6.86. The van der Waals surface area contributed by atoms with Crippen molar-refractivity contribution in [1.82, 2.24) is 9.97 Å². The number of carbonyl (C=O) groups is 1. The lowest BCUT2D eigenvalue weighted by Gasteiger charge is -2.27. The van der Waals surface area contributed by atoms with E-state index in [1.54, 1.807) is 38.4 Å². The number of hydrogen-bond donors (Lipinski definition) is 2. The number of amides is 1. The summed E-state index contributed by atoms with van der Waals surface area (Å²) in [6.45, 7) is 8.80. The standard InChI is InChI=1S/C29H32N4O4/c1-5-37-27-24(29(17-34)9-11-36-18-29)12-21(15-32-27)23-14-22(7-6-19(23)2)33-26(35)20-8-10-31-25(13-20)28(3,4)16-30/h6-8,10,12-15,34H,5,9,11,17-18H2,1-4H3,(H,33,35). The molecule has 1 aromatic carbocycles. The normalized spacial score (nSPS) is 17.3. The summed E-state index contributed by atoms with van der Waals surface area (Å²) in [6.07, 6.45) is 3.98. The van der Waals surface area contributed by atoms with Crippen LogP contribution in [0.4, 0.5) is 5.69 Å². The summed E-state index contributed by atoms with van der Waals surface area (Å²) >= 11 is 0. The molecule has 1 fully saturated rings. The number of hydrogen-bond acceptors (Lipinski definition) is 7. The second-order valence-corrected chi connectivity index (χ2v) is 9.90. The van der Waals surface area contributed by atoms with Gasteiger partial charge in [-0.3, -0.25) is 9.78 Å². The van der Waals surface area contributed by atoms with E-state index < -0.39 is 10.8 Å². The van der Waals surface area contributed by atoms with Gasteiger partial charge in [-0.1, -0.05) is 6.07 Å². The molecule has 8 nitrogen and oxygen atoms in total. The van der Waals surface area contributed by atoms with E-state index in [2.05, 4.69) is 21.4 Å². The van der Waals surface area contributed by atoms with Gasteiger partial charge in [0, 0.05) is 46.8 Å². The maximum atomic E-state index is 13.0. The van der Waals surface area contributed by atoms with E-state index in [1.807, 2.05) is 38.1 Å². The molecule has 8 heteroatoms. The molecule has 1 aliphatic rings. The number of carbonyl (C=O) groups excluding carboxylic acids is 1. The van der Waals surface area contributed by atoms with Crippen molar-refractivity contribution >= 4 is 11.6 Å². The molecule has 2 aromatic heterocycles. The lowest BCUT2D eigenvalue weighted by molar-refractivity contribution is 0.102. The van der Waals surface area contributed by atoms with Gasteiger partial charge in [0.05, 0.1) is 37.0 Å². The number of nitriles is 1. The van der Waals surface area contributed by atoms with Crippen LogP contribution in [-0.2, 0) is 15.6 Å². The van der Waals surface area contributed by atoms with Crippen molar-refractivity contribution in [2.24, 2.45) is 0 Å². The molecule has 0 radical (unpaired) electrons. The van der Waals surface area contributed by atoms with E-state index in [0.717, 1.165) is 22.3 Å². The van der Waals surface area contributed by atoms with Crippen LogP contribution in [-0.4, -0.2) is 47.4 Å². The number of aryl methyl sites for hydroxylation is 1. The fourth-order valence-corrected chi connectivity index (χ4v) is 4.45. The van der Waals surface area contributed by atoms with Crippen molar-refractivity contribution in [3.05, 3.63) is 71.2 Å². The summed E-state index contributed by atoms with van der Waals surface area (Å²) in [6, 6.07) is 13.2. The van der Waals surface area contributed by atoms with Crippen LogP contribution in [0.2, 0.25) is 0 Å². The van der Waals surface area contributed by atoms with E-state index in [-0.39, 0.29) is 12.5 Å². The molecule has 4 rings (SSSR count). The number of rotatable bonds is 8. The topological polar surface area (TPSA) is 117 Å². The largest absolute Gasteiger partial charge is 0.478 e. The molecular weight excluding hydrogens is 468 g/mol. The summed E-state index contributed by atoms with van der Waals surface area (Å²) in [7, 11) is 0. The summed E-state index contributed by atoms with van der Waals surface area (Å²) < 4.78 is 11.4. The first-order valence-corrected chi connectivity index (χ1v) is 12.3. The average molecular weight is 501 g/mol. The maximum absolute atomic E-state index is 13.0. The Balaban J connectivity index is 1.67. The van der Waals surface area contributed by atoms with Crippen molar-refractivity contribution in [3.63, 3.8) is 0 Å². The highest BCUT2D eigenvalue weighted by molar-refractivity contribution is 6.04. The summed E-state index contributed by atoms with van der Waals surface area (Å²) in [5.41, 5.74) is 3.81. The predicted molar refractivity (Wildman–Crippen MR) is 141 cm³/mol. The van der Waals surface area contributed by atoms with Crippen LogP contribution in [0.1, 0.15) is 54.4 Å². The van der Waals surface area contributed by atoms with Gasteiger partial charge in [-0.25, -0.2) is 4.98 Å². The Morgan fingerprint density at radius 2 is 2.08 bits per heavy atom. The smallest absolute Gasteiger partial charge is 0.255 e. The lowest BCUT2D eigenvalue weighted by Crippen LogP contribution is -2.32. The quantitative estimate of drug-likeness (QED) is 0.466. The molecule has 1 atom stereocenters. The van der Waals surface area contributed by atoms with Crippen LogP contribution in [0.3, 0.4) is 0 Å². The highest BCUT2D eigenvalue weighted by Crippen LogP contribution is 2.40. The van der Waals surface area contributed by atoms with Crippen molar-refractivity contribution in [2.75, 3.05) is 31.7 Å². The molecule has 37 heavy (non-hydrogen) atoms. The molecule has 1 aliphatic heterocycles. The Bertz CT molecular complexity index is 1340. The van der Waals surface area contributed by atoms with E-state index in [9.17, 15) is 15.2 Å². The Morgan fingerprint density at radius 3 is 2.76 bits per heavy atom. The van der Waals surface area contributed by atoms with Crippen molar-refractivity contribution in [1.29, 1.82) is 5.26 Å². The number of aliphatic hydroxyl groups is 1. The molecule has 3 heterocycles. The van der Waals surface area contributed by atoms with E-state index in [4.69, 9.17) is 9.47 Å². The minimum atomic E-state index is -0.804. The van der Waals surface area contributed by atoms with Gasteiger partial charge in [0.25, 0.3) is 5.91 Å². The van der Waals surface area contributed by atoms with Crippen LogP contribution >= 0.6 is 0 Å². The Hall–Kier alpha value is -3.80. The number of aromatic nitrogens is 2. The number of ether oxygens (including phenoxy) is 2. The van der Waals surface area contributed by atoms with Crippen molar-refractivity contribution in [2.45, 2.75) is 44.9 Å². The molecule has 2 N–H and O–H groups in total. The molecular formula is C29H32N4O4. The molecule has 0 saturated carbocycles. The predicted octanol–water partition coefficient (Wildman–Crippen LogP) is 4.55. The first-order valence-electron chi connectivity index (χ1n) is 12.3. The minimum Gasteiger partial charge on any atom is -0.478 e. The van der Waals surface area contributed by atoms with Gasteiger partial charge in [-0.15, -0.1) is 0 Å². The van der Waals surface area contributed by atoms with Crippen LogP contribution in [0.15, 0.2) is 48.8 Å². The molecule has 192 valence electrons. The number of nitrogens with one attached hydrogen (secondary N) is 1. The van der Waals surface area contributed by atoms with Gasteiger partial charge in [-0.2, -0.15) is 5.26 Å². The van der Waals surface area contributed by atoms with E-state index in [0.29, 0.717) is 49.1 Å². The Kier molecular flexibility index (Phi) is 7.58. The zero-order chi connectivity index (χ0) is 26.6. The van der Waals surface area contributed by atoms with Crippen molar-refractivity contribution in [3.8, 4) is 23.1 Å². The summed E-state index contributed by atoms with van der Waals surface area (Å²) in [4.78, 5) is 21.9. The molecule has 1 amide bonds. The second-order valence-electron chi connectivity index (χ2n) is 9.90. The van der Waals surface area contributed by atoms with E-state index in [1.165, 1.54) is 0 Å². The van der Waals surface area contributed by atoms with Gasteiger partial charge >= 0.3 is 0 Å². The van der Waals surface area contributed by atoms with Gasteiger partial charge in [0.1, 0.15) is 0 Å². The number of benzene rings is 1. The SMILES string of the molecule is CCOc1ncc(-c2cc(NC(=O)c3ccnc(C(C)(C)C#N)c3)ccc2C)cc1C1(CO)CCOC1. The number of nitrogens with zero attached hydrogens (tertiary/aromatic N) is 3. The number of anilines is 1. The molecule has 3 aromatic rings. The molecule has 1 unspecified atom stereocenters. The van der Waals surface area contributed by atoms with Gasteiger partial charge in [0.2, 0.25) is 5.88 Å². The van der Waals surface area contributed by atoms with Gasteiger partial charge in [-0.05, 0) is 75.6 Å². The Labute approximate surface area is 217 Å². The number of aliphatic hydroxyl groups excluding tert-OH is 1. The third kappa shape index (κ3) is 5.33. The minimum absolute atomic E-state index is 0.0657. The molecule has 0 bridgehead atoms. The average Bonchev–Trinajstić information content (AvgIpc) is 3.40. The van der Waals surface area contributed by atoms with Gasteiger partial charge in [0.15, 0.2) is 0 Å². The Morgan fingerprint density at radius 1 is 1.27 bits per heavy atom. The van der Waals surface area contributed by atoms with Crippen LogP contribution in [0, 0.1) is 18.3 Å². The highest BCUT2D eigenvalue weighted by Gasteiger charge is 2.39. The maximum Gasteiger partial charge on any atom is 0.255 e. The van der Waals surface area contributed by atoms with Crippen molar-refractivity contribution < 1.29 is 19.4 Å².